The van der Waals surface area contributed by atoms with Crippen molar-refractivity contribution in [3.05, 3.63) is 34.3 Å². The number of benzene rings is 1. The predicted octanol–water partition coefficient (Wildman–Crippen LogP) is 2.40. The van der Waals surface area contributed by atoms with Crippen molar-refractivity contribution < 1.29 is 4.79 Å². The zero-order valence-electron chi connectivity index (χ0n) is 8.50. The summed E-state index contributed by atoms with van der Waals surface area (Å²) in [5, 5.41) is 0. The Morgan fingerprint density at radius 2 is 1.93 bits per heavy atom. The van der Waals surface area contributed by atoms with Gasteiger partial charge in [0.1, 0.15) is 5.78 Å². The number of carbonyl (C=O) groups is 1. The summed E-state index contributed by atoms with van der Waals surface area (Å²) in [4.78, 5) is 11.9. The highest BCUT2D eigenvalue weighted by Crippen LogP contribution is 2.49. The van der Waals surface area contributed by atoms with Gasteiger partial charge in [-0.05, 0) is 37.1 Å². The van der Waals surface area contributed by atoms with Crippen LogP contribution in [0, 0.1) is 0 Å². The lowest BCUT2D eigenvalue weighted by Gasteiger charge is -2.13. The van der Waals surface area contributed by atoms with Crippen LogP contribution in [0.2, 0.25) is 0 Å². The summed E-state index contributed by atoms with van der Waals surface area (Å²) < 4.78 is 1.05. The van der Waals surface area contributed by atoms with Gasteiger partial charge in [0.15, 0.2) is 0 Å². The molecule has 2 rings (SSSR count). The highest BCUT2D eigenvalue weighted by Gasteiger charge is 2.49. The molecule has 0 aliphatic heterocycles. The van der Waals surface area contributed by atoms with Gasteiger partial charge in [0.2, 0.25) is 0 Å². The SMILES string of the molecule is NCCC(=O)C1(c2ccc(Br)cc2)CC1. The summed E-state index contributed by atoms with van der Waals surface area (Å²) in [5.74, 6) is 0.298. The maximum Gasteiger partial charge on any atom is 0.144 e. The first-order valence-corrected chi connectivity index (χ1v) is 5.98. The largest absolute Gasteiger partial charge is 0.330 e. The lowest BCUT2D eigenvalue weighted by atomic mass is 9.90. The molecule has 0 spiro atoms. The van der Waals surface area contributed by atoms with Gasteiger partial charge in [0.05, 0.1) is 5.41 Å². The van der Waals surface area contributed by atoms with E-state index in [9.17, 15) is 4.79 Å². The third kappa shape index (κ3) is 1.99. The maximum atomic E-state index is 11.9. The fraction of sp³-hybridized carbons (Fsp3) is 0.417. The highest BCUT2D eigenvalue weighted by atomic mass is 79.9. The van der Waals surface area contributed by atoms with E-state index in [1.54, 1.807) is 0 Å². The Morgan fingerprint density at radius 3 is 2.40 bits per heavy atom. The van der Waals surface area contributed by atoms with Crippen molar-refractivity contribution in [3.8, 4) is 0 Å². The first kappa shape index (κ1) is 10.8. The number of hydrogen-bond acceptors (Lipinski definition) is 2. The molecule has 0 radical (unpaired) electrons. The molecule has 0 atom stereocenters. The molecule has 0 unspecified atom stereocenters. The van der Waals surface area contributed by atoms with Crippen LogP contribution in [0.1, 0.15) is 24.8 Å². The topological polar surface area (TPSA) is 43.1 Å². The van der Waals surface area contributed by atoms with Crippen LogP contribution in [-0.4, -0.2) is 12.3 Å². The van der Waals surface area contributed by atoms with Crippen LogP contribution in [0.25, 0.3) is 0 Å². The van der Waals surface area contributed by atoms with Crippen molar-refractivity contribution in [3.63, 3.8) is 0 Å². The maximum absolute atomic E-state index is 11.9. The highest BCUT2D eigenvalue weighted by molar-refractivity contribution is 9.10. The van der Waals surface area contributed by atoms with E-state index >= 15 is 0 Å². The third-order valence-electron chi connectivity index (χ3n) is 3.05. The van der Waals surface area contributed by atoms with E-state index in [-0.39, 0.29) is 5.41 Å². The van der Waals surface area contributed by atoms with E-state index in [4.69, 9.17) is 5.73 Å². The zero-order valence-corrected chi connectivity index (χ0v) is 10.1. The molecule has 0 bridgehead atoms. The monoisotopic (exact) mass is 267 g/mol. The minimum absolute atomic E-state index is 0.194. The molecule has 1 aliphatic carbocycles. The summed E-state index contributed by atoms with van der Waals surface area (Å²) in [7, 11) is 0. The number of nitrogens with two attached hydrogens (primary N) is 1. The molecule has 0 saturated heterocycles. The second-order valence-corrected chi connectivity index (χ2v) is 4.97. The van der Waals surface area contributed by atoms with Gasteiger partial charge in [-0.1, -0.05) is 28.1 Å². The molecular weight excluding hydrogens is 254 g/mol. The molecule has 80 valence electrons. The molecule has 2 N–H and O–H groups in total. The number of rotatable bonds is 4. The van der Waals surface area contributed by atoms with Crippen molar-refractivity contribution in [2.75, 3.05) is 6.54 Å². The Labute approximate surface area is 98.0 Å². The summed E-state index contributed by atoms with van der Waals surface area (Å²) in [5.41, 5.74) is 6.38. The molecule has 1 aliphatic rings. The molecule has 1 saturated carbocycles. The average Bonchev–Trinajstić information content (AvgIpc) is 3.00. The van der Waals surface area contributed by atoms with Crippen LogP contribution in [0.4, 0.5) is 0 Å². The molecule has 0 aromatic heterocycles. The van der Waals surface area contributed by atoms with E-state index in [0.717, 1.165) is 22.9 Å². The Balaban J connectivity index is 2.22. The Morgan fingerprint density at radius 1 is 1.33 bits per heavy atom. The van der Waals surface area contributed by atoms with Crippen molar-refractivity contribution >= 4 is 21.7 Å². The summed E-state index contributed by atoms with van der Waals surface area (Å²) in [6.07, 6.45) is 2.46. The van der Waals surface area contributed by atoms with Gasteiger partial charge < -0.3 is 5.73 Å². The van der Waals surface area contributed by atoms with Gasteiger partial charge in [-0.3, -0.25) is 4.79 Å². The fourth-order valence-electron chi connectivity index (χ4n) is 1.99. The van der Waals surface area contributed by atoms with Crippen LogP contribution >= 0.6 is 15.9 Å². The summed E-state index contributed by atoms with van der Waals surface area (Å²) >= 11 is 3.40. The minimum Gasteiger partial charge on any atom is -0.330 e. The van der Waals surface area contributed by atoms with Gasteiger partial charge in [0.25, 0.3) is 0 Å². The summed E-state index contributed by atoms with van der Waals surface area (Å²) in [6.45, 7) is 0.455. The molecule has 1 fully saturated rings. The van der Waals surface area contributed by atoms with Crippen molar-refractivity contribution in [2.24, 2.45) is 5.73 Å². The van der Waals surface area contributed by atoms with Crippen LogP contribution in [0.3, 0.4) is 0 Å². The van der Waals surface area contributed by atoms with Crippen molar-refractivity contribution in [1.29, 1.82) is 0 Å². The number of carbonyl (C=O) groups excluding carboxylic acids is 1. The molecule has 15 heavy (non-hydrogen) atoms. The molecule has 1 aromatic carbocycles. The standard InChI is InChI=1S/C12H14BrNO/c13-10-3-1-9(2-4-10)12(6-7-12)11(15)5-8-14/h1-4H,5-8,14H2. The number of hydrogen-bond donors (Lipinski definition) is 1. The van der Waals surface area contributed by atoms with Gasteiger partial charge in [-0.15, -0.1) is 0 Å². The van der Waals surface area contributed by atoms with Crippen molar-refractivity contribution in [1.82, 2.24) is 0 Å². The van der Waals surface area contributed by atoms with Gasteiger partial charge in [0, 0.05) is 10.9 Å². The molecule has 3 heteroatoms. The average molecular weight is 268 g/mol. The van der Waals surface area contributed by atoms with Crippen LogP contribution < -0.4 is 5.73 Å². The van der Waals surface area contributed by atoms with E-state index in [0.29, 0.717) is 18.7 Å². The second-order valence-electron chi connectivity index (χ2n) is 4.05. The first-order valence-electron chi connectivity index (χ1n) is 5.18. The normalized spacial score (nSPS) is 17.5. The predicted molar refractivity (Wildman–Crippen MR) is 63.7 cm³/mol. The molecule has 1 aromatic rings. The Kier molecular flexibility index (Phi) is 2.94. The van der Waals surface area contributed by atoms with Gasteiger partial charge in [-0.2, -0.15) is 0 Å². The van der Waals surface area contributed by atoms with Gasteiger partial charge >= 0.3 is 0 Å². The molecule has 0 amide bonds. The van der Waals surface area contributed by atoms with Crippen LogP contribution in [0.15, 0.2) is 28.7 Å². The van der Waals surface area contributed by atoms with Crippen LogP contribution in [-0.2, 0) is 10.2 Å². The quantitative estimate of drug-likeness (QED) is 0.911. The number of Topliss-reactive ketones (excluding diaryl/α,β-unsaturated/α-hetero) is 1. The van der Waals surface area contributed by atoms with Gasteiger partial charge in [-0.25, -0.2) is 0 Å². The Bertz CT molecular complexity index is 368. The number of ketones is 1. The zero-order chi connectivity index (χ0) is 10.9. The van der Waals surface area contributed by atoms with Crippen molar-refractivity contribution in [2.45, 2.75) is 24.7 Å². The fourth-order valence-corrected chi connectivity index (χ4v) is 2.26. The minimum atomic E-state index is -0.194. The van der Waals surface area contributed by atoms with E-state index in [2.05, 4.69) is 15.9 Å². The summed E-state index contributed by atoms with van der Waals surface area (Å²) in [6, 6.07) is 8.05. The van der Waals surface area contributed by atoms with E-state index < -0.39 is 0 Å². The smallest absolute Gasteiger partial charge is 0.144 e. The number of halogens is 1. The molecular formula is C12H14BrNO. The first-order chi connectivity index (χ1) is 7.19. The van der Waals surface area contributed by atoms with E-state index in [1.165, 1.54) is 0 Å². The second kappa shape index (κ2) is 4.06. The molecule has 2 nitrogen and oxygen atoms in total. The molecule has 0 heterocycles. The Hall–Kier alpha value is -0.670. The van der Waals surface area contributed by atoms with E-state index in [1.807, 2.05) is 24.3 Å². The lowest BCUT2D eigenvalue weighted by molar-refractivity contribution is -0.121. The lowest BCUT2D eigenvalue weighted by Crippen LogP contribution is -2.23. The third-order valence-corrected chi connectivity index (χ3v) is 3.58. The van der Waals surface area contributed by atoms with Crippen LogP contribution in [0.5, 0.6) is 0 Å².